The van der Waals surface area contributed by atoms with E-state index >= 15 is 0 Å². The summed E-state index contributed by atoms with van der Waals surface area (Å²) < 4.78 is 0. The molecule has 2 atom stereocenters. The minimum Gasteiger partial charge on any atom is -0.394 e. The molecule has 0 bridgehead atoms. The van der Waals surface area contributed by atoms with Gasteiger partial charge in [0.25, 0.3) is 5.91 Å². The molecule has 2 amide bonds. The smallest absolute Gasteiger partial charge is 0.254 e. The molecule has 6 nitrogen and oxygen atoms in total. The average Bonchev–Trinajstić information content (AvgIpc) is 2.67. The first kappa shape index (κ1) is 17.7. The standard InChI is InChI=1S/C21H23N3O3/c1-2-18(26)23-13-21(14-23)19(15-6-4-3-5-7-15)17(12-25)24(21)20(27)16-8-10-22-11-9-16/h3-11,17,19,25H,2,12-14H2,1H3/t17-,19+/m1/s1. The Hall–Kier alpha value is -2.73. The molecule has 2 aromatic rings. The molecule has 4 rings (SSSR count). The number of nitrogens with zero attached hydrogens (tertiary/aromatic N) is 3. The zero-order chi connectivity index (χ0) is 19.0. The van der Waals surface area contributed by atoms with Gasteiger partial charge in [-0.2, -0.15) is 0 Å². The first-order valence-electron chi connectivity index (χ1n) is 9.29. The molecule has 0 aliphatic carbocycles. The van der Waals surface area contributed by atoms with Crippen LogP contribution in [0.5, 0.6) is 0 Å². The van der Waals surface area contributed by atoms with Crippen LogP contribution in [0.2, 0.25) is 0 Å². The van der Waals surface area contributed by atoms with Gasteiger partial charge in [-0.1, -0.05) is 37.3 Å². The van der Waals surface area contributed by atoms with Crippen molar-refractivity contribution >= 4 is 11.8 Å². The topological polar surface area (TPSA) is 73.7 Å². The number of benzene rings is 1. The fourth-order valence-corrected chi connectivity index (χ4v) is 4.64. The van der Waals surface area contributed by atoms with Crippen LogP contribution < -0.4 is 0 Å². The molecule has 0 unspecified atom stereocenters. The fraction of sp³-hybridized carbons (Fsp3) is 0.381. The molecule has 1 spiro atoms. The molecular weight excluding hydrogens is 342 g/mol. The summed E-state index contributed by atoms with van der Waals surface area (Å²) in [4.78, 5) is 32.9. The molecule has 1 aromatic carbocycles. The van der Waals surface area contributed by atoms with E-state index in [0.717, 1.165) is 5.56 Å². The van der Waals surface area contributed by atoms with Crippen LogP contribution in [-0.2, 0) is 4.79 Å². The maximum Gasteiger partial charge on any atom is 0.254 e. The first-order chi connectivity index (χ1) is 13.1. The van der Waals surface area contributed by atoms with Crippen molar-refractivity contribution in [2.24, 2.45) is 0 Å². The third kappa shape index (κ3) is 2.63. The molecule has 27 heavy (non-hydrogen) atoms. The zero-order valence-corrected chi connectivity index (χ0v) is 15.3. The number of aliphatic hydroxyl groups excluding tert-OH is 1. The molecule has 1 N–H and O–H groups in total. The molecule has 2 fully saturated rings. The summed E-state index contributed by atoms with van der Waals surface area (Å²) in [5, 5.41) is 10.1. The maximum atomic E-state index is 13.2. The third-order valence-electron chi connectivity index (χ3n) is 5.85. The lowest BCUT2D eigenvalue weighted by Gasteiger charge is -2.70. The van der Waals surface area contributed by atoms with Crippen molar-refractivity contribution in [3.63, 3.8) is 0 Å². The van der Waals surface area contributed by atoms with E-state index in [9.17, 15) is 14.7 Å². The normalized spacial score (nSPS) is 22.9. The summed E-state index contributed by atoms with van der Waals surface area (Å²) in [7, 11) is 0. The van der Waals surface area contributed by atoms with Crippen LogP contribution in [0.15, 0.2) is 54.9 Å². The fourth-order valence-electron chi connectivity index (χ4n) is 4.64. The van der Waals surface area contributed by atoms with Crippen molar-refractivity contribution < 1.29 is 14.7 Å². The highest BCUT2D eigenvalue weighted by Gasteiger charge is 2.67. The summed E-state index contributed by atoms with van der Waals surface area (Å²) in [5.41, 5.74) is 1.19. The van der Waals surface area contributed by atoms with Crippen LogP contribution in [0.25, 0.3) is 0 Å². The monoisotopic (exact) mass is 365 g/mol. The lowest BCUT2D eigenvalue weighted by Crippen LogP contribution is -2.85. The van der Waals surface area contributed by atoms with E-state index in [1.165, 1.54) is 0 Å². The highest BCUT2D eigenvalue weighted by molar-refractivity contribution is 5.96. The molecule has 6 heteroatoms. The largest absolute Gasteiger partial charge is 0.394 e. The lowest BCUT2D eigenvalue weighted by molar-refractivity contribution is -0.178. The Balaban J connectivity index is 1.69. The molecule has 2 aliphatic heterocycles. The van der Waals surface area contributed by atoms with Gasteiger partial charge in [-0.25, -0.2) is 0 Å². The summed E-state index contributed by atoms with van der Waals surface area (Å²) >= 11 is 0. The number of hydrogen-bond donors (Lipinski definition) is 1. The summed E-state index contributed by atoms with van der Waals surface area (Å²) in [6.45, 7) is 2.75. The van der Waals surface area contributed by atoms with Crippen molar-refractivity contribution in [1.29, 1.82) is 0 Å². The van der Waals surface area contributed by atoms with Gasteiger partial charge in [0.2, 0.25) is 5.91 Å². The SMILES string of the molecule is CCC(=O)N1CC2(C1)[C@@H](c1ccccc1)[C@@H](CO)N2C(=O)c1ccncc1. The predicted octanol–water partition coefficient (Wildman–Crippen LogP) is 1.67. The van der Waals surface area contributed by atoms with Crippen LogP contribution in [0.3, 0.4) is 0 Å². The number of rotatable bonds is 4. The Bertz CT molecular complexity index is 834. The van der Waals surface area contributed by atoms with Crippen molar-refractivity contribution in [3.05, 3.63) is 66.0 Å². The summed E-state index contributed by atoms with van der Waals surface area (Å²) in [6, 6.07) is 13.0. The Kier molecular flexibility index (Phi) is 4.44. The van der Waals surface area contributed by atoms with E-state index in [1.807, 2.05) is 37.3 Å². The van der Waals surface area contributed by atoms with E-state index < -0.39 is 5.54 Å². The van der Waals surface area contributed by atoms with E-state index in [4.69, 9.17) is 0 Å². The van der Waals surface area contributed by atoms with Crippen LogP contribution in [0.4, 0.5) is 0 Å². The molecule has 0 saturated carbocycles. The Labute approximate surface area is 158 Å². The molecule has 2 aliphatic rings. The highest BCUT2D eigenvalue weighted by atomic mass is 16.3. The minimum atomic E-state index is -0.458. The molecule has 0 radical (unpaired) electrons. The van der Waals surface area contributed by atoms with Gasteiger partial charge in [-0.05, 0) is 17.7 Å². The van der Waals surface area contributed by atoms with Gasteiger partial charge in [0.05, 0.1) is 18.2 Å². The third-order valence-corrected chi connectivity index (χ3v) is 5.85. The van der Waals surface area contributed by atoms with Crippen molar-refractivity contribution in [2.45, 2.75) is 30.8 Å². The van der Waals surface area contributed by atoms with Gasteiger partial charge >= 0.3 is 0 Å². The predicted molar refractivity (Wildman–Crippen MR) is 100 cm³/mol. The lowest BCUT2D eigenvalue weighted by atomic mass is 9.60. The Morgan fingerprint density at radius 1 is 1.15 bits per heavy atom. The van der Waals surface area contributed by atoms with E-state index in [2.05, 4.69) is 4.98 Å². The van der Waals surface area contributed by atoms with Crippen LogP contribution in [0.1, 0.15) is 35.2 Å². The molecule has 3 heterocycles. The van der Waals surface area contributed by atoms with E-state index in [0.29, 0.717) is 25.1 Å². The number of aliphatic hydroxyl groups is 1. The number of carbonyl (C=O) groups is 2. The minimum absolute atomic E-state index is 0.00962. The van der Waals surface area contributed by atoms with Crippen LogP contribution in [0, 0.1) is 0 Å². The number of amides is 2. The van der Waals surface area contributed by atoms with Crippen molar-refractivity contribution in [3.8, 4) is 0 Å². The Morgan fingerprint density at radius 3 is 2.41 bits per heavy atom. The number of carbonyl (C=O) groups excluding carboxylic acids is 2. The zero-order valence-electron chi connectivity index (χ0n) is 15.3. The number of likely N-dealkylation sites (tertiary alicyclic amines) is 2. The quantitative estimate of drug-likeness (QED) is 0.895. The number of aromatic nitrogens is 1. The van der Waals surface area contributed by atoms with Gasteiger partial charge in [0.1, 0.15) is 0 Å². The summed E-state index contributed by atoms with van der Waals surface area (Å²) in [5.74, 6) is -0.0150. The van der Waals surface area contributed by atoms with Crippen molar-refractivity contribution in [1.82, 2.24) is 14.8 Å². The van der Waals surface area contributed by atoms with Gasteiger partial charge in [0, 0.05) is 43.4 Å². The van der Waals surface area contributed by atoms with E-state index in [1.54, 1.807) is 34.3 Å². The molecule has 2 saturated heterocycles. The number of hydrogen-bond acceptors (Lipinski definition) is 4. The Morgan fingerprint density at radius 2 is 1.81 bits per heavy atom. The molecule has 140 valence electrons. The van der Waals surface area contributed by atoms with Gasteiger partial charge < -0.3 is 14.9 Å². The van der Waals surface area contributed by atoms with Crippen LogP contribution >= 0.6 is 0 Å². The highest BCUT2D eigenvalue weighted by Crippen LogP contribution is 2.54. The second-order valence-electron chi connectivity index (χ2n) is 7.26. The van der Waals surface area contributed by atoms with Gasteiger partial charge in [-0.3, -0.25) is 14.6 Å². The second-order valence-corrected chi connectivity index (χ2v) is 7.26. The summed E-state index contributed by atoms with van der Waals surface area (Å²) in [6.07, 6.45) is 3.64. The van der Waals surface area contributed by atoms with E-state index in [-0.39, 0.29) is 30.4 Å². The molecule has 1 aromatic heterocycles. The van der Waals surface area contributed by atoms with Gasteiger partial charge in [0.15, 0.2) is 0 Å². The second kappa shape index (κ2) is 6.78. The first-order valence-corrected chi connectivity index (χ1v) is 9.29. The van der Waals surface area contributed by atoms with Gasteiger partial charge in [-0.15, -0.1) is 0 Å². The van der Waals surface area contributed by atoms with Crippen LogP contribution in [-0.4, -0.2) is 63.0 Å². The molecular formula is C21H23N3O3. The average molecular weight is 365 g/mol. The maximum absolute atomic E-state index is 13.2. The van der Waals surface area contributed by atoms with Crippen molar-refractivity contribution in [2.75, 3.05) is 19.7 Å². The number of pyridine rings is 1.